The molecule has 34 heavy (non-hydrogen) atoms. The van der Waals surface area contributed by atoms with E-state index in [4.69, 9.17) is 0 Å². The Kier molecular flexibility index (Phi) is 6.03. The summed E-state index contributed by atoms with van der Waals surface area (Å²) in [6.45, 7) is 0.474. The van der Waals surface area contributed by atoms with Crippen LogP contribution < -0.4 is 10.0 Å². The number of nitroso groups, excluding NO2 is 2. The van der Waals surface area contributed by atoms with Gasteiger partial charge < -0.3 is 0 Å². The molecule has 5 rings (SSSR count). The first-order valence-corrected chi connectivity index (χ1v) is 11.0. The number of anilines is 2. The molecule has 4 aromatic rings. The van der Waals surface area contributed by atoms with Gasteiger partial charge in [-0.1, -0.05) is 36.4 Å². The number of nitrogens with zero attached hydrogens (tertiary/aromatic N) is 6. The standard InChI is InChI=1S/C26H22N6O2/c33-29-31-17-23-13-19(11-21-3-1-9-27-15-21)5-7-25(23)32(30-34)18-24-14-20(6-8-26(24)31)12-22-4-2-10-28-16-22/h1-10,13-16H,11-12,17-18H2. The van der Waals surface area contributed by atoms with E-state index in [1.165, 1.54) is 10.0 Å². The highest BCUT2D eigenvalue weighted by Gasteiger charge is 2.24. The van der Waals surface area contributed by atoms with Crippen LogP contribution in [0.15, 0.2) is 96.0 Å². The van der Waals surface area contributed by atoms with Crippen LogP contribution >= 0.6 is 0 Å². The molecule has 3 heterocycles. The van der Waals surface area contributed by atoms with Crippen LogP contribution in [0.4, 0.5) is 11.4 Å². The first-order valence-electron chi connectivity index (χ1n) is 11.0. The largest absolute Gasteiger partial charge is 0.264 e. The van der Waals surface area contributed by atoms with Crippen LogP contribution in [-0.4, -0.2) is 9.97 Å². The van der Waals surface area contributed by atoms with E-state index in [9.17, 15) is 9.81 Å². The van der Waals surface area contributed by atoms with Gasteiger partial charge in [0.15, 0.2) is 0 Å². The Balaban J connectivity index is 1.48. The Morgan fingerprint density at radius 3 is 1.50 bits per heavy atom. The van der Waals surface area contributed by atoms with Gasteiger partial charge in [0.25, 0.3) is 0 Å². The van der Waals surface area contributed by atoms with Crippen molar-refractivity contribution < 1.29 is 0 Å². The Bertz CT molecular complexity index is 1210. The van der Waals surface area contributed by atoms with Gasteiger partial charge in [-0.25, -0.2) is 10.0 Å². The maximum absolute atomic E-state index is 11.9. The van der Waals surface area contributed by atoms with Gasteiger partial charge in [-0.15, -0.1) is 9.81 Å². The van der Waals surface area contributed by atoms with Crippen LogP contribution in [0.25, 0.3) is 0 Å². The minimum Gasteiger partial charge on any atom is -0.264 e. The Labute approximate surface area is 196 Å². The predicted octanol–water partition coefficient (Wildman–Crippen LogP) is 5.35. The maximum atomic E-state index is 11.9. The molecular formula is C26H22N6O2. The fourth-order valence-corrected chi connectivity index (χ4v) is 4.37. The van der Waals surface area contributed by atoms with E-state index in [1.54, 1.807) is 12.4 Å². The number of fused-ring (bicyclic) bond motifs is 2. The fraction of sp³-hybridized carbons (Fsp3) is 0.154. The SMILES string of the molecule is O=NN1Cc2cc(Cc3cccnc3)ccc2N(N=O)Cc2cc(Cc3cccnc3)ccc21. The number of aromatic nitrogens is 2. The third-order valence-corrected chi connectivity index (χ3v) is 5.94. The van der Waals surface area contributed by atoms with Gasteiger partial charge in [-0.05, 0) is 70.5 Å². The Hall–Kier alpha value is -4.46. The van der Waals surface area contributed by atoms with Crippen molar-refractivity contribution in [1.82, 2.24) is 9.97 Å². The summed E-state index contributed by atoms with van der Waals surface area (Å²) < 4.78 is 0. The van der Waals surface area contributed by atoms with E-state index in [1.807, 2.05) is 73.1 Å². The zero-order valence-electron chi connectivity index (χ0n) is 18.4. The number of hydrogen-bond donors (Lipinski definition) is 0. The van der Waals surface area contributed by atoms with E-state index in [0.717, 1.165) is 33.4 Å². The molecular weight excluding hydrogens is 428 g/mol. The predicted molar refractivity (Wildman–Crippen MR) is 131 cm³/mol. The smallest absolute Gasteiger partial charge is 0.0719 e. The number of hydrogen-bond acceptors (Lipinski definition) is 6. The van der Waals surface area contributed by atoms with Gasteiger partial charge in [0.05, 0.1) is 35.0 Å². The molecule has 0 bridgehead atoms. The van der Waals surface area contributed by atoms with Crippen molar-refractivity contribution in [1.29, 1.82) is 0 Å². The average Bonchev–Trinajstić information content (AvgIpc) is 2.87. The van der Waals surface area contributed by atoms with Gasteiger partial charge in [0.2, 0.25) is 0 Å². The first kappa shape index (κ1) is 21.4. The molecule has 0 radical (unpaired) electrons. The quantitative estimate of drug-likeness (QED) is 0.368. The maximum Gasteiger partial charge on any atom is 0.0719 e. The van der Waals surface area contributed by atoms with Gasteiger partial charge >= 0.3 is 0 Å². The molecule has 168 valence electrons. The second kappa shape index (κ2) is 9.58. The number of rotatable bonds is 6. The van der Waals surface area contributed by atoms with E-state index < -0.39 is 0 Å². The highest BCUT2D eigenvalue weighted by molar-refractivity contribution is 5.63. The van der Waals surface area contributed by atoms with Crippen molar-refractivity contribution in [3.8, 4) is 0 Å². The highest BCUT2D eigenvalue weighted by atomic mass is 16.3. The van der Waals surface area contributed by atoms with Gasteiger partial charge in [0.1, 0.15) is 0 Å². The lowest BCUT2D eigenvalue weighted by Gasteiger charge is -2.28. The summed E-state index contributed by atoms with van der Waals surface area (Å²) in [5.74, 6) is 0. The van der Waals surface area contributed by atoms with E-state index in [-0.39, 0.29) is 13.1 Å². The van der Waals surface area contributed by atoms with Gasteiger partial charge in [-0.2, -0.15) is 0 Å². The summed E-state index contributed by atoms with van der Waals surface area (Å²) in [6.07, 6.45) is 8.52. The molecule has 0 amide bonds. The second-order valence-electron chi connectivity index (χ2n) is 8.28. The van der Waals surface area contributed by atoms with Crippen molar-refractivity contribution in [3.63, 3.8) is 0 Å². The third-order valence-electron chi connectivity index (χ3n) is 5.94. The van der Waals surface area contributed by atoms with E-state index >= 15 is 0 Å². The minimum atomic E-state index is 0.237. The summed E-state index contributed by atoms with van der Waals surface area (Å²) in [4.78, 5) is 32.1. The van der Waals surface area contributed by atoms with Crippen molar-refractivity contribution in [3.05, 3.63) is 129 Å². The monoisotopic (exact) mass is 450 g/mol. The van der Waals surface area contributed by atoms with Crippen LogP contribution in [0, 0.1) is 9.81 Å². The number of benzene rings is 2. The van der Waals surface area contributed by atoms with Gasteiger partial charge in [-0.3, -0.25) is 9.97 Å². The molecule has 0 saturated heterocycles. The van der Waals surface area contributed by atoms with Crippen LogP contribution in [-0.2, 0) is 25.9 Å². The molecule has 0 fully saturated rings. The molecule has 0 atom stereocenters. The van der Waals surface area contributed by atoms with Crippen molar-refractivity contribution in [2.24, 2.45) is 10.6 Å². The normalized spacial score (nSPS) is 12.8. The Morgan fingerprint density at radius 1 is 0.647 bits per heavy atom. The molecule has 1 aliphatic heterocycles. The first-order chi connectivity index (χ1) is 16.7. The summed E-state index contributed by atoms with van der Waals surface area (Å²) in [5, 5.41) is 9.49. The minimum absolute atomic E-state index is 0.237. The van der Waals surface area contributed by atoms with Crippen molar-refractivity contribution in [2.75, 3.05) is 10.0 Å². The highest BCUT2D eigenvalue weighted by Crippen LogP contribution is 2.34. The Morgan fingerprint density at radius 2 is 1.12 bits per heavy atom. The van der Waals surface area contributed by atoms with E-state index in [2.05, 4.69) is 20.5 Å². The number of pyridine rings is 2. The molecule has 0 aliphatic carbocycles. The third kappa shape index (κ3) is 4.52. The van der Waals surface area contributed by atoms with Crippen LogP contribution in [0.3, 0.4) is 0 Å². The molecule has 0 N–H and O–H groups in total. The lowest BCUT2D eigenvalue weighted by Crippen LogP contribution is -2.26. The zero-order chi connectivity index (χ0) is 23.3. The summed E-state index contributed by atoms with van der Waals surface area (Å²) in [7, 11) is 0. The zero-order valence-corrected chi connectivity index (χ0v) is 18.4. The molecule has 2 aromatic carbocycles. The fourth-order valence-electron chi connectivity index (χ4n) is 4.37. The molecule has 8 nitrogen and oxygen atoms in total. The average molecular weight is 451 g/mol. The molecule has 0 saturated carbocycles. The van der Waals surface area contributed by atoms with E-state index in [0.29, 0.717) is 24.2 Å². The molecule has 1 aliphatic rings. The lowest BCUT2D eigenvalue weighted by molar-refractivity contribution is 0.770. The molecule has 2 aromatic heterocycles. The molecule has 8 heteroatoms. The van der Waals surface area contributed by atoms with Crippen LogP contribution in [0.1, 0.15) is 33.4 Å². The van der Waals surface area contributed by atoms with Gasteiger partial charge in [0, 0.05) is 24.8 Å². The molecule has 0 unspecified atom stereocenters. The van der Waals surface area contributed by atoms with Crippen molar-refractivity contribution >= 4 is 11.4 Å². The molecule has 0 spiro atoms. The summed E-state index contributed by atoms with van der Waals surface area (Å²) >= 11 is 0. The van der Waals surface area contributed by atoms with Crippen LogP contribution in [0.5, 0.6) is 0 Å². The summed E-state index contributed by atoms with van der Waals surface area (Å²) in [5.41, 5.74) is 7.22. The lowest BCUT2D eigenvalue weighted by atomic mass is 9.99. The van der Waals surface area contributed by atoms with Crippen molar-refractivity contribution in [2.45, 2.75) is 25.9 Å². The summed E-state index contributed by atoms with van der Waals surface area (Å²) in [6, 6.07) is 19.6. The van der Waals surface area contributed by atoms with Crippen LogP contribution in [0.2, 0.25) is 0 Å². The topological polar surface area (TPSA) is 91.1 Å². The second-order valence-corrected chi connectivity index (χ2v) is 8.28.